The van der Waals surface area contributed by atoms with Crippen LogP contribution in [0.2, 0.25) is 0 Å². The Labute approximate surface area is 323 Å². The Bertz CT molecular complexity index is 2200. The van der Waals surface area contributed by atoms with Gasteiger partial charge in [-0.05, 0) is 103 Å². The number of hydrogen-bond donors (Lipinski definition) is 2. The fourth-order valence-electron chi connectivity index (χ4n) is 8.64. The standard InChI is InChI=1S/C46H49NO5S2/c1-33-11-9-26-45(2)42(25-27-46(45,50)32-47(31-34-12-5-3-6-13-34)54(51,52)43-16-10-28-53-43)40-24-18-35(29-39(48)23-17-33)30-41(40)44(49)38-21-19-37(20-22-38)36-14-7-4-8-15-36/h3-8,10-16,18-22,24,28,30,39,42,48,50H,9,17,23,25-27,29,31-32H2,1-2H3/t39-,42-,45-,46+/m0/s1. The average molecular weight is 760 g/mol. The van der Waals surface area contributed by atoms with Gasteiger partial charge in [0.1, 0.15) is 4.21 Å². The first kappa shape index (κ1) is 38.1. The molecule has 5 aromatic rings. The van der Waals surface area contributed by atoms with Crippen LogP contribution < -0.4 is 0 Å². The lowest BCUT2D eigenvalue weighted by Gasteiger charge is -2.46. The number of benzene rings is 4. The highest BCUT2D eigenvalue weighted by Crippen LogP contribution is 2.59. The smallest absolute Gasteiger partial charge is 0.252 e. The van der Waals surface area contributed by atoms with Gasteiger partial charge in [0.15, 0.2) is 5.78 Å². The molecule has 1 saturated carbocycles. The Hall–Kier alpha value is -4.18. The largest absolute Gasteiger partial charge is 0.393 e. The van der Waals surface area contributed by atoms with Crippen LogP contribution in [0.3, 0.4) is 0 Å². The zero-order valence-corrected chi connectivity index (χ0v) is 32.7. The number of allylic oxidation sites excluding steroid dienone is 2. The summed E-state index contributed by atoms with van der Waals surface area (Å²) >= 11 is 1.18. The van der Waals surface area contributed by atoms with Crippen LogP contribution in [0.5, 0.6) is 0 Å². The van der Waals surface area contributed by atoms with Crippen LogP contribution in [0.4, 0.5) is 0 Å². The Morgan fingerprint density at radius 2 is 1.57 bits per heavy atom. The van der Waals surface area contributed by atoms with Gasteiger partial charge in [-0.25, -0.2) is 8.42 Å². The maximum atomic E-state index is 14.6. The van der Waals surface area contributed by atoms with Gasteiger partial charge in [-0.1, -0.05) is 122 Å². The molecule has 1 aromatic heterocycles. The van der Waals surface area contributed by atoms with Crippen LogP contribution in [0.15, 0.2) is 136 Å². The molecule has 0 unspecified atom stereocenters. The van der Waals surface area contributed by atoms with Crippen LogP contribution in [-0.2, 0) is 23.0 Å². The predicted octanol–water partition coefficient (Wildman–Crippen LogP) is 9.58. The maximum Gasteiger partial charge on any atom is 0.252 e. The molecule has 2 N–H and O–H groups in total. The molecule has 8 heteroatoms. The monoisotopic (exact) mass is 759 g/mol. The van der Waals surface area contributed by atoms with E-state index in [-0.39, 0.29) is 29.0 Å². The Balaban J connectivity index is 1.31. The summed E-state index contributed by atoms with van der Waals surface area (Å²) in [5, 5.41) is 25.9. The van der Waals surface area contributed by atoms with Crippen molar-refractivity contribution in [2.75, 3.05) is 6.54 Å². The van der Waals surface area contributed by atoms with Crippen LogP contribution in [0.1, 0.15) is 90.9 Å². The molecule has 54 heavy (non-hydrogen) atoms. The van der Waals surface area contributed by atoms with Crippen molar-refractivity contribution < 1.29 is 23.4 Å². The lowest BCUT2D eigenvalue weighted by Crippen LogP contribution is -2.53. The second-order valence-corrected chi connectivity index (χ2v) is 18.5. The van der Waals surface area contributed by atoms with Gasteiger partial charge < -0.3 is 10.2 Å². The highest BCUT2D eigenvalue weighted by molar-refractivity contribution is 7.91. The van der Waals surface area contributed by atoms with Gasteiger partial charge in [0.2, 0.25) is 0 Å². The third kappa shape index (κ3) is 7.81. The first-order valence-electron chi connectivity index (χ1n) is 18.9. The van der Waals surface area contributed by atoms with Crippen LogP contribution in [0.25, 0.3) is 11.1 Å². The van der Waals surface area contributed by atoms with E-state index in [9.17, 15) is 23.4 Å². The zero-order valence-electron chi connectivity index (χ0n) is 31.0. The zero-order chi connectivity index (χ0) is 37.9. The SMILES string of the molecule is CC1=CCC[C@@]2(C)[C@@H](CC[C@@]2(O)CN(Cc2ccccc2)S(=O)(=O)c2cccs2)c2ccc(cc2C(=O)c2ccc(-c3ccccc3)cc2)C[C@@H](O)CC1. The summed E-state index contributed by atoms with van der Waals surface area (Å²) in [5.41, 5.74) is 4.82. The van der Waals surface area contributed by atoms with Gasteiger partial charge in [-0.2, -0.15) is 4.31 Å². The second-order valence-electron chi connectivity index (χ2n) is 15.4. The van der Waals surface area contributed by atoms with Gasteiger partial charge in [0.05, 0.1) is 11.7 Å². The summed E-state index contributed by atoms with van der Waals surface area (Å²) in [6, 6.07) is 36.7. The van der Waals surface area contributed by atoms with Crippen LogP contribution in [-0.4, -0.2) is 47.0 Å². The van der Waals surface area contributed by atoms with Gasteiger partial charge in [-0.3, -0.25) is 4.79 Å². The second kappa shape index (κ2) is 15.9. The van der Waals surface area contributed by atoms with Crippen molar-refractivity contribution in [3.63, 3.8) is 0 Å². The van der Waals surface area contributed by atoms with Crippen LogP contribution in [0, 0.1) is 5.41 Å². The lowest BCUT2D eigenvalue weighted by molar-refractivity contribution is -0.0731. The molecule has 280 valence electrons. The van der Waals surface area contributed by atoms with Gasteiger partial charge in [0, 0.05) is 29.6 Å². The topological polar surface area (TPSA) is 94.9 Å². The molecule has 3 aliphatic carbocycles. The van der Waals surface area contributed by atoms with E-state index in [1.165, 1.54) is 21.2 Å². The molecule has 0 amide bonds. The lowest BCUT2D eigenvalue weighted by atomic mass is 9.64. The molecule has 2 bridgehead atoms. The highest BCUT2D eigenvalue weighted by atomic mass is 32.2. The number of aliphatic hydroxyl groups is 2. The summed E-state index contributed by atoms with van der Waals surface area (Å²) in [5.74, 6) is -0.337. The van der Waals surface area contributed by atoms with Crippen molar-refractivity contribution in [1.29, 1.82) is 0 Å². The van der Waals surface area contributed by atoms with Crippen molar-refractivity contribution in [2.45, 2.75) is 87.2 Å². The Morgan fingerprint density at radius 1 is 0.870 bits per heavy atom. The molecule has 0 aliphatic heterocycles. The number of rotatable bonds is 9. The molecule has 4 atom stereocenters. The van der Waals surface area contributed by atoms with Crippen molar-refractivity contribution in [3.8, 4) is 11.1 Å². The van der Waals surface area contributed by atoms with E-state index in [1.807, 2.05) is 103 Å². The van der Waals surface area contributed by atoms with E-state index in [2.05, 4.69) is 19.9 Å². The van der Waals surface area contributed by atoms with Gasteiger partial charge in [-0.15, -0.1) is 11.3 Å². The van der Waals surface area contributed by atoms with E-state index < -0.39 is 27.1 Å². The van der Waals surface area contributed by atoms with E-state index >= 15 is 0 Å². The van der Waals surface area contributed by atoms with E-state index in [1.54, 1.807) is 17.5 Å². The molecule has 3 aliphatic rings. The summed E-state index contributed by atoms with van der Waals surface area (Å²) in [6.45, 7) is 4.23. The number of hydrogen-bond acceptors (Lipinski definition) is 6. The Kier molecular flexibility index (Phi) is 11.2. The first-order chi connectivity index (χ1) is 26.0. The number of fused-ring (bicyclic) bond motifs is 8. The number of carbonyl (C=O) groups excluding carboxylic acids is 1. The first-order valence-corrected chi connectivity index (χ1v) is 21.3. The molecule has 8 rings (SSSR count). The maximum absolute atomic E-state index is 14.6. The van der Waals surface area contributed by atoms with Crippen molar-refractivity contribution in [2.24, 2.45) is 5.41 Å². The van der Waals surface area contributed by atoms with Crippen LogP contribution >= 0.6 is 11.3 Å². The molecule has 1 heterocycles. The summed E-state index contributed by atoms with van der Waals surface area (Å²) < 4.78 is 30.3. The molecule has 4 aromatic carbocycles. The minimum Gasteiger partial charge on any atom is -0.393 e. The third-order valence-electron chi connectivity index (χ3n) is 11.9. The van der Waals surface area contributed by atoms with Gasteiger partial charge >= 0.3 is 0 Å². The summed E-state index contributed by atoms with van der Waals surface area (Å²) in [6.07, 6.45) is 5.67. The number of thiophene rings is 1. The van der Waals surface area contributed by atoms with Crippen molar-refractivity contribution >= 4 is 27.1 Å². The number of ketones is 1. The number of carbonyl (C=O) groups is 1. The molecule has 0 saturated heterocycles. The summed E-state index contributed by atoms with van der Waals surface area (Å²) in [7, 11) is -3.94. The minimum absolute atomic E-state index is 0.0771. The van der Waals surface area contributed by atoms with E-state index in [0.717, 1.165) is 34.2 Å². The van der Waals surface area contributed by atoms with E-state index in [4.69, 9.17) is 0 Å². The molecule has 0 radical (unpaired) electrons. The number of sulfonamides is 1. The molecular weight excluding hydrogens is 711 g/mol. The molecular formula is C46H49NO5S2. The number of nitrogens with zero attached hydrogens (tertiary/aromatic N) is 1. The number of aliphatic hydroxyl groups excluding tert-OH is 1. The predicted molar refractivity (Wildman–Crippen MR) is 217 cm³/mol. The average Bonchev–Trinajstić information content (AvgIpc) is 3.82. The quantitative estimate of drug-likeness (QED) is 0.115. The third-order valence-corrected chi connectivity index (χ3v) is 15.1. The summed E-state index contributed by atoms with van der Waals surface area (Å²) in [4.78, 5) is 14.6. The fraction of sp³-hybridized carbons (Fsp3) is 0.326. The molecule has 1 fully saturated rings. The normalized spacial score (nSPS) is 23.5. The molecule has 6 nitrogen and oxygen atoms in total. The minimum atomic E-state index is -3.94. The van der Waals surface area contributed by atoms with E-state index in [0.29, 0.717) is 49.7 Å². The fourth-order valence-corrected chi connectivity index (χ4v) is 11.3. The Morgan fingerprint density at radius 3 is 2.28 bits per heavy atom. The highest BCUT2D eigenvalue weighted by Gasteiger charge is 2.58. The van der Waals surface area contributed by atoms with Crippen molar-refractivity contribution in [1.82, 2.24) is 4.31 Å². The van der Waals surface area contributed by atoms with Gasteiger partial charge in [0.25, 0.3) is 10.0 Å². The van der Waals surface area contributed by atoms with Crippen molar-refractivity contribution in [3.05, 3.63) is 160 Å². The molecule has 0 spiro atoms.